The molecule has 1 aliphatic rings. The zero-order valence-electron chi connectivity index (χ0n) is 14.6. The van der Waals surface area contributed by atoms with Crippen LogP contribution in [0.1, 0.15) is 54.9 Å². The molecule has 0 heterocycles. The molecule has 0 aliphatic heterocycles. The highest BCUT2D eigenvalue weighted by Crippen LogP contribution is 2.24. The first kappa shape index (κ1) is 19.0. The highest BCUT2D eigenvalue weighted by atomic mass is 16.4. The second kappa shape index (κ2) is 9.20. The molecule has 1 aliphatic carbocycles. The van der Waals surface area contributed by atoms with Gasteiger partial charge >= 0.3 is 5.97 Å². The molecule has 1 saturated carbocycles. The SMILES string of the molecule is CC(CC(=O)NCCc1ccc(C(=O)O)cc1)NC(=O)C1CCCC1. The van der Waals surface area contributed by atoms with E-state index in [0.29, 0.717) is 13.0 Å². The lowest BCUT2D eigenvalue weighted by molar-refractivity contribution is -0.126. The van der Waals surface area contributed by atoms with Crippen molar-refractivity contribution in [3.63, 3.8) is 0 Å². The number of hydrogen-bond acceptors (Lipinski definition) is 3. The van der Waals surface area contributed by atoms with Gasteiger partial charge in [-0.1, -0.05) is 25.0 Å². The summed E-state index contributed by atoms with van der Waals surface area (Å²) in [6, 6.07) is 6.43. The molecule has 0 bridgehead atoms. The van der Waals surface area contributed by atoms with Gasteiger partial charge in [0.1, 0.15) is 0 Å². The van der Waals surface area contributed by atoms with Gasteiger partial charge in [0.05, 0.1) is 5.56 Å². The molecule has 6 nitrogen and oxygen atoms in total. The van der Waals surface area contributed by atoms with Crippen molar-refractivity contribution in [1.82, 2.24) is 10.6 Å². The van der Waals surface area contributed by atoms with Gasteiger partial charge in [-0.2, -0.15) is 0 Å². The van der Waals surface area contributed by atoms with Crippen LogP contribution in [0.2, 0.25) is 0 Å². The zero-order valence-corrected chi connectivity index (χ0v) is 14.6. The first-order chi connectivity index (χ1) is 12.0. The fraction of sp³-hybridized carbons (Fsp3) is 0.526. The summed E-state index contributed by atoms with van der Waals surface area (Å²) in [5, 5.41) is 14.6. The van der Waals surface area contributed by atoms with E-state index in [2.05, 4.69) is 10.6 Å². The minimum atomic E-state index is -0.950. The maximum Gasteiger partial charge on any atom is 0.335 e. The van der Waals surface area contributed by atoms with Crippen LogP contribution in [0.15, 0.2) is 24.3 Å². The van der Waals surface area contributed by atoms with Crippen LogP contribution >= 0.6 is 0 Å². The van der Waals surface area contributed by atoms with E-state index in [1.807, 2.05) is 6.92 Å². The molecule has 0 radical (unpaired) electrons. The number of carbonyl (C=O) groups excluding carboxylic acids is 2. The molecule has 136 valence electrons. The molecule has 2 amide bonds. The number of benzene rings is 1. The molecule has 3 N–H and O–H groups in total. The van der Waals surface area contributed by atoms with Crippen LogP contribution in [-0.2, 0) is 16.0 Å². The van der Waals surface area contributed by atoms with Crippen LogP contribution in [0.25, 0.3) is 0 Å². The van der Waals surface area contributed by atoms with Gasteiger partial charge < -0.3 is 15.7 Å². The van der Waals surface area contributed by atoms with E-state index in [9.17, 15) is 14.4 Å². The molecule has 0 aromatic heterocycles. The summed E-state index contributed by atoms with van der Waals surface area (Å²) in [6.07, 6.45) is 5.02. The van der Waals surface area contributed by atoms with Crippen LogP contribution in [0.3, 0.4) is 0 Å². The minimum Gasteiger partial charge on any atom is -0.478 e. The maximum absolute atomic E-state index is 12.0. The van der Waals surface area contributed by atoms with Crippen molar-refractivity contribution in [3.05, 3.63) is 35.4 Å². The van der Waals surface area contributed by atoms with Crippen LogP contribution in [-0.4, -0.2) is 35.5 Å². The third-order valence-electron chi connectivity index (χ3n) is 4.54. The lowest BCUT2D eigenvalue weighted by Crippen LogP contribution is -2.40. The molecule has 0 saturated heterocycles. The van der Waals surface area contributed by atoms with Crippen LogP contribution in [0, 0.1) is 5.92 Å². The second-order valence-corrected chi connectivity index (χ2v) is 6.70. The number of rotatable bonds is 8. The topological polar surface area (TPSA) is 95.5 Å². The van der Waals surface area contributed by atoms with E-state index >= 15 is 0 Å². The third kappa shape index (κ3) is 6.21. The standard InChI is InChI=1S/C19H26N2O4/c1-13(21-18(23)15-4-2-3-5-15)12-17(22)20-11-10-14-6-8-16(9-7-14)19(24)25/h6-9,13,15H,2-5,10-12H2,1H3,(H,20,22)(H,21,23)(H,24,25). The van der Waals surface area contributed by atoms with Gasteiger partial charge in [0.25, 0.3) is 0 Å². The third-order valence-corrected chi connectivity index (χ3v) is 4.54. The Morgan fingerprint density at radius 1 is 1.16 bits per heavy atom. The molecule has 1 aromatic rings. The highest BCUT2D eigenvalue weighted by molar-refractivity contribution is 5.87. The van der Waals surface area contributed by atoms with Crippen molar-refractivity contribution in [2.75, 3.05) is 6.54 Å². The van der Waals surface area contributed by atoms with Gasteiger partial charge in [-0.15, -0.1) is 0 Å². The smallest absolute Gasteiger partial charge is 0.335 e. The summed E-state index contributed by atoms with van der Waals surface area (Å²) in [4.78, 5) is 34.8. The first-order valence-corrected chi connectivity index (χ1v) is 8.85. The van der Waals surface area contributed by atoms with E-state index in [1.165, 1.54) is 0 Å². The van der Waals surface area contributed by atoms with Crippen molar-refractivity contribution < 1.29 is 19.5 Å². The fourth-order valence-corrected chi connectivity index (χ4v) is 3.11. The van der Waals surface area contributed by atoms with Gasteiger partial charge in [-0.3, -0.25) is 9.59 Å². The normalized spacial score (nSPS) is 15.6. The molecule has 2 rings (SSSR count). The monoisotopic (exact) mass is 346 g/mol. The van der Waals surface area contributed by atoms with Gasteiger partial charge in [0.2, 0.25) is 11.8 Å². The lowest BCUT2D eigenvalue weighted by atomic mass is 10.1. The molecular weight excluding hydrogens is 320 g/mol. The molecule has 6 heteroatoms. The van der Waals surface area contributed by atoms with Crippen molar-refractivity contribution in [2.24, 2.45) is 5.92 Å². The fourth-order valence-electron chi connectivity index (χ4n) is 3.11. The van der Waals surface area contributed by atoms with E-state index in [-0.39, 0.29) is 35.8 Å². The number of aromatic carboxylic acids is 1. The van der Waals surface area contributed by atoms with Crippen LogP contribution in [0.4, 0.5) is 0 Å². The van der Waals surface area contributed by atoms with Gasteiger partial charge in [-0.05, 0) is 43.9 Å². The Hall–Kier alpha value is -2.37. The van der Waals surface area contributed by atoms with Gasteiger partial charge in [0, 0.05) is 24.9 Å². The number of amides is 2. The van der Waals surface area contributed by atoms with E-state index in [1.54, 1.807) is 24.3 Å². The summed E-state index contributed by atoms with van der Waals surface area (Å²) in [5.41, 5.74) is 1.22. The molecule has 0 spiro atoms. The Morgan fingerprint density at radius 2 is 1.80 bits per heavy atom. The molecule has 1 atom stereocenters. The highest BCUT2D eigenvalue weighted by Gasteiger charge is 2.24. The average molecular weight is 346 g/mol. The molecule has 1 aromatic carbocycles. The van der Waals surface area contributed by atoms with Gasteiger partial charge in [0.15, 0.2) is 0 Å². The molecule has 25 heavy (non-hydrogen) atoms. The summed E-state index contributed by atoms with van der Waals surface area (Å²) in [6.45, 7) is 2.32. The molecule has 1 unspecified atom stereocenters. The summed E-state index contributed by atoms with van der Waals surface area (Å²) < 4.78 is 0. The number of nitrogens with one attached hydrogen (secondary N) is 2. The summed E-state index contributed by atoms with van der Waals surface area (Å²) >= 11 is 0. The summed E-state index contributed by atoms with van der Waals surface area (Å²) in [7, 11) is 0. The molecule has 1 fully saturated rings. The van der Waals surface area contributed by atoms with E-state index in [4.69, 9.17) is 5.11 Å². The first-order valence-electron chi connectivity index (χ1n) is 8.85. The van der Waals surface area contributed by atoms with Crippen molar-refractivity contribution in [1.29, 1.82) is 0 Å². The van der Waals surface area contributed by atoms with E-state index < -0.39 is 5.97 Å². The Morgan fingerprint density at radius 3 is 2.40 bits per heavy atom. The van der Waals surface area contributed by atoms with Crippen molar-refractivity contribution in [3.8, 4) is 0 Å². The van der Waals surface area contributed by atoms with Crippen LogP contribution < -0.4 is 10.6 Å². The Bertz CT molecular complexity index is 606. The van der Waals surface area contributed by atoms with Crippen molar-refractivity contribution in [2.45, 2.75) is 51.5 Å². The quantitative estimate of drug-likeness (QED) is 0.672. The van der Waals surface area contributed by atoms with E-state index in [0.717, 1.165) is 31.2 Å². The molecular formula is C19H26N2O4. The lowest BCUT2D eigenvalue weighted by Gasteiger charge is -2.16. The van der Waals surface area contributed by atoms with Gasteiger partial charge in [-0.25, -0.2) is 4.79 Å². The average Bonchev–Trinajstić information content (AvgIpc) is 3.09. The predicted molar refractivity (Wildman–Crippen MR) is 94.3 cm³/mol. The number of hydrogen-bond donors (Lipinski definition) is 3. The number of carboxylic acid groups (broad SMARTS) is 1. The minimum absolute atomic E-state index is 0.0660. The van der Waals surface area contributed by atoms with Crippen molar-refractivity contribution >= 4 is 17.8 Å². The largest absolute Gasteiger partial charge is 0.478 e. The number of carboxylic acids is 1. The Labute approximate surface area is 148 Å². The predicted octanol–water partition coefficient (Wildman–Crippen LogP) is 2.13. The van der Waals surface area contributed by atoms with Crippen LogP contribution in [0.5, 0.6) is 0 Å². The number of carbonyl (C=O) groups is 3. The zero-order chi connectivity index (χ0) is 18.2. The Balaban J connectivity index is 1.65. The Kier molecular flexibility index (Phi) is 6.98. The second-order valence-electron chi connectivity index (χ2n) is 6.70. The summed E-state index contributed by atoms with van der Waals surface area (Å²) in [5.74, 6) is -0.870. The maximum atomic E-state index is 12.0.